The summed E-state index contributed by atoms with van der Waals surface area (Å²) in [4.78, 5) is 15.2. The van der Waals surface area contributed by atoms with E-state index in [1.165, 1.54) is 32.1 Å². The van der Waals surface area contributed by atoms with Gasteiger partial charge in [-0.25, -0.2) is 0 Å². The third-order valence-corrected chi connectivity index (χ3v) is 5.94. The zero-order valence-electron chi connectivity index (χ0n) is 14.4. The van der Waals surface area contributed by atoms with Crippen LogP contribution in [-0.2, 0) is 18.3 Å². The van der Waals surface area contributed by atoms with Crippen molar-refractivity contribution >= 4 is 5.91 Å². The molecule has 1 saturated carbocycles. The van der Waals surface area contributed by atoms with Crippen LogP contribution in [0.5, 0.6) is 0 Å². The molecule has 0 unspecified atom stereocenters. The molecule has 2 aliphatic rings. The standard InChI is InChI=1S/C18H29N3O/c1-12-7-5-8-15-9-6-10-21(18(12)15)17(22)11-16-13(2)19-20(4)14(16)3/h12,15,18H,5-11H2,1-4H3/t12-,15+,18+/m1/s1. The van der Waals surface area contributed by atoms with Gasteiger partial charge in [-0.05, 0) is 51.4 Å². The van der Waals surface area contributed by atoms with Gasteiger partial charge in [0.2, 0.25) is 5.91 Å². The van der Waals surface area contributed by atoms with Gasteiger partial charge in [-0.1, -0.05) is 13.3 Å². The number of carbonyl (C=O) groups excluding carboxylic acids is 1. The Hall–Kier alpha value is -1.32. The Balaban J connectivity index is 1.78. The van der Waals surface area contributed by atoms with Crippen molar-refractivity contribution in [3.63, 3.8) is 0 Å². The molecule has 3 rings (SSSR count). The summed E-state index contributed by atoms with van der Waals surface area (Å²) < 4.78 is 1.89. The predicted molar refractivity (Wildman–Crippen MR) is 87.6 cm³/mol. The van der Waals surface area contributed by atoms with Crippen LogP contribution in [0.4, 0.5) is 0 Å². The van der Waals surface area contributed by atoms with E-state index < -0.39 is 0 Å². The van der Waals surface area contributed by atoms with E-state index in [1.54, 1.807) is 0 Å². The average Bonchev–Trinajstić information content (AvgIpc) is 2.73. The SMILES string of the molecule is Cc1nn(C)c(C)c1CC(=O)N1CCC[C@@H]2CCC[C@@H](C)[C@@H]21. The largest absolute Gasteiger partial charge is 0.339 e. The van der Waals surface area contributed by atoms with Gasteiger partial charge in [0.1, 0.15) is 0 Å². The monoisotopic (exact) mass is 303 g/mol. The van der Waals surface area contributed by atoms with Gasteiger partial charge in [0.05, 0.1) is 12.1 Å². The number of fused-ring (bicyclic) bond motifs is 1. The van der Waals surface area contributed by atoms with Gasteiger partial charge in [0.25, 0.3) is 0 Å². The van der Waals surface area contributed by atoms with E-state index >= 15 is 0 Å². The van der Waals surface area contributed by atoms with Crippen LogP contribution in [0.1, 0.15) is 56.0 Å². The van der Waals surface area contributed by atoms with Crippen LogP contribution in [0, 0.1) is 25.7 Å². The number of aromatic nitrogens is 2. The van der Waals surface area contributed by atoms with E-state index in [9.17, 15) is 4.79 Å². The minimum Gasteiger partial charge on any atom is -0.339 e. The van der Waals surface area contributed by atoms with E-state index in [0.29, 0.717) is 24.3 Å². The number of nitrogens with zero attached hydrogens (tertiary/aromatic N) is 3. The zero-order valence-corrected chi connectivity index (χ0v) is 14.4. The first-order valence-electron chi connectivity index (χ1n) is 8.77. The van der Waals surface area contributed by atoms with Crippen molar-refractivity contribution in [1.29, 1.82) is 0 Å². The highest BCUT2D eigenvalue weighted by Crippen LogP contribution is 2.38. The summed E-state index contributed by atoms with van der Waals surface area (Å²) in [6, 6.07) is 0.479. The smallest absolute Gasteiger partial charge is 0.227 e. The molecule has 22 heavy (non-hydrogen) atoms. The lowest BCUT2D eigenvalue weighted by Crippen LogP contribution is -2.53. The Bertz CT molecular complexity index is 561. The second-order valence-corrected chi connectivity index (χ2v) is 7.34. The molecule has 2 fully saturated rings. The average molecular weight is 303 g/mol. The Morgan fingerprint density at radius 3 is 2.64 bits per heavy atom. The maximum absolute atomic E-state index is 13.0. The number of rotatable bonds is 2. The molecule has 1 aliphatic heterocycles. The molecule has 0 aromatic carbocycles. The molecule has 1 saturated heterocycles. The predicted octanol–water partition coefficient (Wildman–Crippen LogP) is 3.01. The van der Waals surface area contributed by atoms with Crippen LogP contribution < -0.4 is 0 Å². The second kappa shape index (κ2) is 6.05. The minimum absolute atomic E-state index is 0.308. The molecule has 1 aliphatic carbocycles. The van der Waals surface area contributed by atoms with E-state index in [2.05, 4.69) is 23.8 Å². The van der Waals surface area contributed by atoms with E-state index in [0.717, 1.165) is 29.4 Å². The molecule has 1 aromatic heterocycles. The summed E-state index contributed by atoms with van der Waals surface area (Å²) in [5.74, 6) is 1.69. The highest BCUT2D eigenvalue weighted by Gasteiger charge is 2.39. The van der Waals surface area contributed by atoms with Crippen molar-refractivity contribution in [3.05, 3.63) is 17.0 Å². The van der Waals surface area contributed by atoms with Crippen LogP contribution in [0.15, 0.2) is 0 Å². The topological polar surface area (TPSA) is 38.1 Å². The molecular formula is C18H29N3O. The first-order chi connectivity index (χ1) is 10.5. The van der Waals surface area contributed by atoms with Crippen molar-refractivity contribution in [2.75, 3.05) is 6.54 Å². The van der Waals surface area contributed by atoms with Crippen molar-refractivity contribution in [2.24, 2.45) is 18.9 Å². The van der Waals surface area contributed by atoms with Crippen LogP contribution in [0.2, 0.25) is 0 Å². The summed E-state index contributed by atoms with van der Waals surface area (Å²) in [6.07, 6.45) is 6.92. The zero-order chi connectivity index (χ0) is 15.9. The lowest BCUT2D eigenvalue weighted by atomic mass is 9.73. The lowest BCUT2D eigenvalue weighted by molar-refractivity contribution is -0.138. The van der Waals surface area contributed by atoms with E-state index in [-0.39, 0.29) is 0 Å². The maximum Gasteiger partial charge on any atom is 0.227 e. The van der Waals surface area contributed by atoms with Gasteiger partial charge in [-0.3, -0.25) is 9.48 Å². The molecule has 4 heteroatoms. The van der Waals surface area contributed by atoms with Gasteiger partial charge in [-0.15, -0.1) is 0 Å². The Morgan fingerprint density at radius 2 is 1.95 bits per heavy atom. The van der Waals surface area contributed by atoms with E-state index in [1.807, 2.05) is 18.7 Å². The molecule has 0 N–H and O–H groups in total. The Labute approximate surface area is 133 Å². The first-order valence-corrected chi connectivity index (χ1v) is 8.77. The number of hydrogen-bond donors (Lipinski definition) is 0. The number of aryl methyl sites for hydroxylation is 2. The summed E-state index contributed by atoms with van der Waals surface area (Å²) in [5, 5.41) is 4.45. The number of amides is 1. The summed E-state index contributed by atoms with van der Waals surface area (Å²) in [7, 11) is 1.95. The molecule has 0 bridgehead atoms. The van der Waals surface area contributed by atoms with Gasteiger partial charge < -0.3 is 4.90 Å². The second-order valence-electron chi connectivity index (χ2n) is 7.34. The number of carbonyl (C=O) groups is 1. The highest BCUT2D eigenvalue weighted by atomic mass is 16.2. The van der Waals surface area contributed by atoms with Crippen LogP contribution in [0.25, 0.3) is 0 Å². The molecule has 122 valence electrons. The number of likely N-dealkylation sites (tertiary alicyclic amines) is 1. The third-order valence-electron chi connectivity index (χ3n) is 5.94. The summed E-state index contributed by atoms with van der Waals surface area (Å²) >= 11 is 0. The summed E-state index contributed by atoms with van der Waals surface area (Å²) in [5.41, 5.74) is 3.24. The molecule has 0 radical (unpaired) electrons. The minimum atomic E-state index is 0.308. The van der Waals surface area contributed by atoms with Gasteiger partial charge in [0.15, 0.2) is 0 Å². The fourth-order valence-electron chi connectivity index (χ4n) is 4.67. The van der Waals surface area contributed by atoms with Crippen molar-refractivity contribution in [2.45, 2.75) is 65.3 Å². The van der Waals surface area contributed by atoms with Crippen LogP contribution in [-0.4, -0.2) is 33.2 Å². The Morgan fingerprint density at radius 1 is 1.23 bits per heavy atom. The molecule has 1 aromatic rings. The van der Waals surface area contributed by atoms with Crippen molar-refractivity contribution in [1.82, 2.24) is 14.7 Å². The third kappa shape index (κ3) is 2.68. The molecule has 4 nitrogen and oxygen atoms in total. The molecular weight excluding hydrogens is 274 g/mol. The highest BCUT2D eigenvalue weighted by molar-refractivity contribution is 5.79. The fraction of sp³-hybridized carbons (Fsp3) is 0.778. The van der Waals surface area contributed by atoms with E-state index in [4.69, 9.17) is 0 Å². The maximum atomic E-state index is 13.0. The molecule has 3 atom stereocenters. The van der Waals surface area contributed by atoms with Gasteiger partial charge in [-0.2, -0.15) is 5.10 Å². The van der Waals surface area contributed by atoms with Gasteiger partial charge >= 0.3 is 0 Å². The number of hydrogen-bond acceptors (Lipinski definition) is 2. The fourth-order valence-corrected chi connectivity index (χ4v) is 4.67. The molecule has 2 heterocycles. The quantitative estimate of drug-likeness (QED) is 0.842. The lowest BCUT2D eigenvalue weighted by Gasteiger charge is -2.47. The normalized spacial score (nSPS) is 28.5. The van der Waals surface area contributed by atoms with Gasteiger partial charge in [0, 0.05) is 30.9 Å². The summed E-state index contributed by atoms with van der Waals surface area (Å²) in [6.45, 7) is 7.36. The van der Waals surface area contributed by atoms with Crippen molar-refractivity contribution in [3.8, 4) is 0 Å². The number of piperidine rings is 1. The van der Waals surface area contributed by atoms with Crippen LogP contribution in [0.3, 0.4) is 0 Å². The molecule has 1 amide bonds. The van der Waals surface area contributed by atoms with Crippen molar-refractivity contribution < 1.29 is 4.79 Å². The molecule has 0 spiro atoms. The first kappa shape index (κ1) is 15.6. The van der Waals surface area contributed by atoms with Crippen LogP contribution >= 0.6 is 0 Å². The Kier molecular flexibility index (Phi) is 4.28.